The maximum Gasteiger partial charge on any atom is 0.243 e. The van der Waals surface area contributed by atoms with Gasteiger partial charge >= 0.3 is 0 Å². The molecule has 3 aromatic rings. The van der Waals surface area contributed by atoms with Gasteiger partial charge in [-0.25, -0.2) is 8.42 Å². The molecule has 6 nitrogen and oxygen atoms in total. The number of piperidine rings is 1. The molecule has 1 N–H and O–H groups in total. The molecule has 7 heteroatoms. The molecule has 0 spiro atoms. The van der Waals surface area contributed by atoms with Gasteiger partial charge in [0.1, 0.15) is 5.75 Å². The van der Waals surface area contributed by atoms with Crippen molar-refractivity contribution in [1.82, 2.24) is 9.62 Å². The van der Waals surface area contributed by atoms with Crippen molar-refractivity contribution in [1.29, 1.82) is 0 Å². The fraction of sp³-hybridized carbons (Fsp3) is 0.320. The monoisotopic (exact) mass is 452 g/mol. The van der Waals surface area contributed by atoms with Gasteiger partial charge in [0.05, 0.1) is 17.9 Å². The number of hydrogen-bond acceptors (Lipinski definition) is 4. The topological polar surface area (TPSA) is 75.7 Å². The van der Waals surface area contributed by atoms with Crippen molar-refractivity contribution >= 4 is 26.7 Å². The van der Waals surface area contributed by atoms with E-state index in [1.54, 1.807) is 19.2 Å². The highest BCUT2D eigenvalue weighted by Crippen LogP contribution is 2.26. The van der Waals surface area contributed by atoms with Gasteiger partial charge in [0.25, 0.3) is 0 Å². The largest absolute Gasteiger partial charge is 0.497 e. The van der Waals surface area contributed by atoms with Crippen LogP contribution in [0.2, 0.25) is 0 Å². The van der Waals surface area contributed by atoms with E-state index in [4.69, 9.17) is 4.74 Å². The zero-order chi connectivity index (χ0) is 22.6. The second-order valence-corrected chi connectivity index (χ2v) is 10.0. The third kappa shape index (κ3) is 4.95. The van der Waals surface area contributed by atoms with E-state index >= 15 is 0 Å². The van der Waals surface area contributed by atoms with E-state index < -0.39 is 10.0 Å². The van der Waals surface area contributed by atoms with Gasteiger partial charge in [-0.1, -0.05) is 42.5 Å². The quantitative estimate of drug-likeness (QED) is 0.594. The van der Waals surface area contributed by atoms with Crippen molar-refractivity contribution in [3.63, 3.8) is 0 Å². The average Bonchev–Trinajstić information content (AvgIpc) is 2.84. The summed E-state index contributed by atoms with van der Waals surface area (Å²) in [7, 11) is -2.02. The number of hydrogen-bond donors (Lipinski definition) is 1. The third-order valence-corrected chi connectivity index (χ3v) is 7.85. The number of nitrogens with zero attached hydrogens (tertiary/aromatic N) is 1. The number of benzene rings is 3. The molecule has 0 aromatic heterocycles. The molecule has 32 heavy (non-hydrogen) atoms. The van der Waals surface area contributed by atoms with Crippen molar-refractivity contribution in [2.45, 2.75) is 24.2 Å². The Morgan fingerprint density at radius 2 is 1.81 bits per heavy atom. The van der Waals surface area contributed by atoms with Crippen molar-refractivity contribution in [2.24, 2.45) is 5.92 Å². The zero-order valence-electron chi connectivity index (χ0n) is 18.2. The Hall–Kier alpha value is -2.90. The summed E-state index contributed by atoms with van der Waals surface area (Å²) in [5.74, 6) is 0.375. The lowest BCUT2D eigenvalue weighted by molar-refractivity contribution is -0.126. The second kappa shape index (κ2) is 9.71. The molecule has 3 aromatic carbocycles. The van der Waals surface area contributed by atoms with E-state index in [0.717, 1.165) is 22.1 Å². The van der Waals surface area contributed by atoms with E-state index in [9.17, 15) is 13.2 Å². The maximum atomic E-state index is 13.2. The zero-order valence-corrected chi connectivity index (χ0v) is 19.0. The average molecular weight is 453 g/mol. The molecule has 1 aliphatic heterocycles. The van der Waals surface area contributed by atoms with Gasteiger partial charge in [-0.3, -0.25) is 4.79 Å². The first-order valence-corrected chi connectivity index (χ1v) is 12.3. The number of methoxy groups -OCH3 is 1. The summed E-state index contributed by atoms with van der Waals surface area (Å²) in [6.45, 7) is 1.16. The van der Waals surface area contributed by atoms with Crippen LogP contribution in [0.5, 0.6) is 5.75 Å². The van der Waals surface area contributed by atoms with Gasteiger partial charge in [-0.05, 0) is 59.9 Å². The smallest absolute Gasteiger partial charge is 0.243 e. The van der Waals surface area contributed by atoms with Crippen molar-refractivity contribution in [3.05, 3.63) is 72.3 Å². The summed E-state index contributed by atoms with van der Waals surface area (Å²) in [5.41, 5.74) is 1.11. The van der Waals surface area contributed by atoms with Crippen LogP contribution in [0.25, 0.3) is 10.8 Å². The number of rotatable bonds is 7. The maximum absolute atomic E-state index is 13.2. The van der Waals surface area contributed by atoms with Crippen LogP contribution in [0.15, 0.2) is 71.6 Å². The first kappa shape index (κ1) is 22.3. The van der Waals surface area contributed by atoms with E-state index in [1.807, 2.05) is 54.6 Å². The molecule has 1 amide bonds. The number of carbonyl (C=O) groups excluding carboxylic acids is 1. The lowest BCUT2D eigenvalue weighted by atomic mass is 9.99. The summed E-state index contributed by atoms with van der Waals surface area (Å²) >= 11 is 0. The number of sulfonamides is 1. The lowest BCUT2D eigenvalue weighted by Gasteiger charge is -2.31. The van der Waals surface area contributed by atoms with Crippen molar-refractivity contribution < 1.29 is 17.9 Å². The third-order valence-electron chi connectivity index (χ3n) is 5.99. The molecule has 0 radical (unpaired) electrons. The van der Waals surface area contributed by atoms with Gasteiger partial charge in [0.15, 0.2) is 0 Å². The number of amides is 1. The van der Waals surface area contributed by atoms with Crippen LogP contribution in [0.1, 0.15) is 18.4 Å². The van der Waals surface area contributed by atoms with Crippen molar-refractivity contribution in [2.75, 3.05) is 26.7 Å². The molecule has 1 heterocycles. The van der Waals surface area contributed by atoms with Crippen molar-refractivity contribution in [3.8, 4) is 5.75 Å². The van der Waals surface area contributed by atoms with Gasteiger partial charge in [-0.2, -0.15) is 4.31 Å². The number of nitrogens with one attached hydrogen (secondary N) is 1. The van der Waals surface area contributed by atoms with Gasteiger partial charge in [0.2, 0.25) is 15.9 Å². The fourth-order valence-electron chi connectivity index (χ4n) is 4.12. The predicted octanol–water partition coefficient (Wildman–Crippen LogP) is 3.61. The van der Waals surface area contributed by atoms with Gasteiger partial charge in [0, 0.05) is 19.6 Å². The summed E-state index contributed by atoms with van der Waals surface area (Å²) in [5, 5.41) is 4.86. The Labute approximate surface area is 189 Å². The summed E-state index contributed by atoms with van der Waals surface area (Å²) in [6, 6.07) is 20.6. The number of ether oxygens (including phenoxy) is 1. The van der Waals surface area contributed by atoms with E-state index in [0.29, 0.717) is 32.4 Å². The fourth-order valence-corrected chi connectivity index (χ4v) is 5.68. The van der Waals surface area contributed by atoms with Crippen LogP contribution in [-0.4, -0.2) is 45.4 Å². The molecule has 1 fully saturated rings. The normalized spacial score (nSPS) is 17.2. The van der Waals surface area contributed by atoms with Crippen LogP contribution in [0.4, 0.5) is 0 Å². The lowest BCUT2D eigenvalue weighted by Crippen LogP contribution is -2.45. The summed E-state index contributed by atoms with van der Waals surface area (Å²) in [4.78, 5) is 13.0. The SMILES string of the molecule is COc1ccc(CCNC(=O)[C@H]2CCCN(S(=O)(=O)c3ccc4ccccc4c3)C2)cc1. The molecule has 168 valence electrons. The molecule has 0 aliphatic carbocycles. The van der Waals surface area contributed by atoms with Gasteiger partial charge < -0.3 is 10.1 Å². The summed E-state index contributed by atoms with van der Waals surface area (Å²) in [6.07, 6.45) is 2.07. The number of fused-ring (bicyclic) bond motifs is 1. The first-order chi connectivity index (χ1) is 15.5. The Morgan fingerprint density at radius 1 is 1.06 bits per heavy atom. The highest BCUT2D eigenvalue weighted by atomic mass is 32.2. The Balaban J connectivity index is 1.37. The molecular weight excluding hydrogens is 424 g/mol. The van der Waals surface area contributed by atoms with Crippen LogP contribution >= 0.6 is 0 Å². The van der Waals surface area contributed by atoms with Crippen LogP contribution in [0.3, 0.4) is 0 Å². The van der Waals surface area contributed by atoms with E-state index in [2.05, 4.69) is 5.32 Å². The van der Waals surface area contributed by atoms with Gasteiger partial charge in [-0.15, -0.1) is 0 Å². The van der Waals surface area contributed by atoms with E-state index in [-0.39, 0.29) is 23.3 Å². The Morgan fingerprint density at radius 3 is 2.56 bits per heavy atom. The highest BCUT2D eigenvalue weighted by molar-refractivity contribution is 7.89. The van der Waals surface area contributed by atoms with Crippen LogP contribution < -0.4 is 10.1 Å². The molecule has 1 aliphatic rings. The minimum Gasteiger partial charge on any atom is -0.497 e. The molecule has 0 bridgehead atoms. The molecular formula is C25H28N2O4S. The summed E-state index contributed by atoms with van der Waals surface area (Å²) < 4.78 is 33.1. The molecule has 4 rings (SSSR count). The number of carbonyl (C=O) groups is 1. The molecule has 0 saturated carbocycles. The van der Waals surface area contributed by atoms with Crippen LogP contribution in [-0.2, 0) is 21.2 Å². The Kier molecular flexibility index (Phi) is 6.77. The second-order valence-electron chi connectivity index (χ2n) is 8.10. The molecule has 1 atom stereocenters. The minimum atomic E-state index is -3.65. The standard InChI is InChI=1S/C25H28N2O4S/c1-31-23-11-8-19(9-12-23)14-15-26-25(28)22-7-4-16-27(18-22)32(29,30)24-13-10-20-5-2-3-6-21(20)17-24/h2-3,5-6,8-13,17,22H,4,7,14-16,18H2,1H3,(H,26,28)/t22-/m0/s1. The Bertz CT molecular complexity index is 1190. The van der Waals surface area contributed by atoms with Crippen LogP contribution in [0, 0.1) is 5.92 Å². The molecule has 0 unspecified atom stereocenters. The highest BCUT2D eigenvalue weighted by Gasteiger charge is 2.33. The minimum absolute atomic E-state index is 0.0862. The molecule has 1 saturated heterocycles. The predicted molar refractivity (Wildman–Crippen MR) is 125 cm³/mol. The first-order valence-electron chi connectivity index (χ1n) is 10.9. The van der Waals surface area contributed by atoms with E-state index in [1.165, 1.54) is 4.31 Å².